The molecule has 1 amide bonds. The van der Waals surface area contributed by atoms with Gasteiger partial charge in [0.25, 0.3) is 0 Å². The van der Waals surface area contributed by atoms with Crippen LogP contribution in [0.25, 0.3) is 0 Å². The topological polar surface area (TPSA) is 69.6 Å². The largest absolute Gasteiger partial charge is 0.394 e. The molecule has 0 saturated carbocycles. The average molecular weight is 255 g/mol. The Labute approximate surface area is 105 Å². The van der Waals surface area contributed by atoms with Crippen molar-refractivity contribution in [2.75, 3.05) is 12.9 Å². The monoisotopic (exact) mass is 255 g/mol. The highest BCUT2D eigenvalue weighted by atomic mass is 32.2. The van der Waals surface area contributed by atoms with E-state index in [0.717, 1.165) is 4.90 Å². The number of hydrogen-bond donors (Lipinski definition) is 3. The molecule has 1 rings (SSSR count). The Morgan fingerprint density at radius 1 is 1.41 bits per heavy atom. The number of hydrogen-bond acceptors (Lipinski definition) is 4. The summed E-state index contributed by atoms with van der Waals surface area (Å²) in [5.74, 6) is -0.274. The molecule has 2 atom stereocenters. The second-order valence-corrected chi connectivity index (χ2v) is 4.59. The minimum absolute atomic E-state index is 0.274. The molecule has 17 heavy (non-hydrogen) atoms. The summed E-state index contributed by atoms with van der Waals surface area (Å²) in [5, 5.41) is 21.7. The van der Waals surface area contributed by atoms with Crippen molar-refractivity contribution >= 4 is 17.7 Å². The molecule has 1 aromatic rings. The summed E-state index contributed by atoms with van der Waals surface area (Å²) in [7, 11) is 0. The molecule has 0 aliphatic heterocycles. The van der Waals surface area contributed by atoms with Crippen LogP contribution < -0.4 is 5.32 Å². The lowest BCUT2D eigenvalue weighted by atomic mass is 10.0. The lowest BCUT2D eigenvalue weighted by molar-refractivity contribution is -0.121. The van der Waals surface area contributed by atoms with Crippen LogP contribution in [0, 0.1) is 0 Å². The standard InChI is InChI=1S/C12H17NO3S/c1-8(15)13-11(7-14)12(16)9-3-5-10(17-2)6-4-9/h3-6,11-12,14,16H,7H2,1-2H3,(H,13,15). The van der Waals surface area contributed by atoms with Crippen molar-refractivity contribution in [3.8, 4) is 0 Å². The van der Waals surface area contributed by atoms with Gasteiger partial charge < -0.3 is 15.5 Å². The SMILES string of the molecule is CSc1ccc(C(O)C(CO)NC(C)=O)cc1. The van der Waals surface area contributed by atoms with Crippen molar-refractivity contribution < 1.29 is 15.0 Å². The van der Waals surface area contributed by atoms with E-state index in [4.69, 9.17) is 5.11 Å². The summed E-state index contributed by atoms with van der Waals surface area (Å²) in [6.07, 6.45) is 1.07. The van der Waals surface area contributed by atoms with Crippen LogP contribution in [0.5, 0.6) is 0 Å². The minimum Gasteiger partial charge on any atom is -0.394 e. The average Bonchev–Trinajstić information content (AvgIpc) is 2.35. The summed E-state index contributed by atoms with van der Waals surface area (Å²) >= 11 is 1.61. The maximum Gasteiger partial charge on any atom is 0.217 e. The van der Waals surface area contributed by atoms with Gasteiger partial charge in [-0.25, -0.2) is 0 Å². The molecular formula is C12H17NO3S. The van der Waals surface area contributed by atoms with E-state index in [1.165, 1.54) is 6.92 Å². The molecule has 0 radical (unpaired) electrons. The predicted octanol–water partition coefficient (Wildman–Crippen LogP) is 0.939. The van der Waals surface area contributed by atoms with Gasteiger partial charge in [0, 0.05) is 11.8 Å². The molecule has 0 heterocycles. The van der Waals surface area contributed by atoms with E-state index in [1.54, 1.807) is 23.9 Å². The Bertz CT molecular complexity index is 367. The molecule has 0 aliphatic carbocycles. The summed E-state index contributed by atoms with van der Waals surface area (Å²) in [6.45, 7) is 1.05. The summed E-state index contributed by atoms with van der Waals surface area (Å²) in [4.78, 5) is 12.0. The highest BCUT2D eigenvalue weighted by Gasteiger charge is 2.20. The zero-order chi connectivity index (χ0) is 12.8. The first-order valence-corrected chi connectivity index (χ1v) is 6.51. The number of aliphatic hydroxyl groups excluding tert-OH is 2. The van der Waals surface area contributed by atoms with Gasteiger partial charge in [-0.05, 0) is 24.0 Å². The number of thioether (sulfide) groups is 1. The Kier molecular flexibility index (Phi) is 5.47. The van der Waals surface area contributed by atoms with E-state index in [0.29, 0.717) is 5.56 Å². The second-order valence-electron chi connectivity index (χ2n) is 3.71. The van der Waals surface area contributed by atoms with E-state index in [1.807, 2.05) is 18.4 Å². The Balaban J connectivity index is 2.78. The van der Waals surface area contributed by atoms with Crippen LogP contribution in [0.4, 0.5) is 0 Å². The molecule has 4 nitrogen and oxygen atoms in total. The van der Waals surface area contributed by atoms with Gasteiger partial charge in [0.2, 0.25) is 5.91 Å². The summed E-state index contributed by atoms with van der Waals surface area (Å²) in [6, 6.07) is 6.70. The highest BCUT2D eigenvalue weighted by molar-refractivity contribution is 7.98. The minimum atomic E-state index is -0.903. The van der Waals surface area contributed by atoms with E-state index in [-0.39, 0.29) is 12.5 Å². The van der Waals surface area contributed by atoms with E-state index >= 15 is 0 Å². The van der Waals surface area contributed by atoms with Gasteiger partial charge in [0.1, 0.15) is 6.10 Å². The van der Waals surface area contributed by atoms with Crippen LogP contribution >= 0.6 is 11.8 Å². The van der Waals surface area contributed by atoms with Gasteiger partial charge in [0.05, 0.1) is 12.6 Å². The molecule has 94 valence electrons. The molecule has 5 heteroatoms. The fourth-order valence-corrected chi connectivity index (χ4v) is 1.93. The molecule has 2 unspecified atom stereocenters. The second kappa shape index (κ2) is 6.64. The van der Waals surface area contributed by atoms with Gasteiger partial charge >= 0.3 is 0 Å². The third-order valence-corrected chi connectivity index (χ3v) is 3.17. The molecule has 0 aromatic heterocycles. The van der Waals surface area contributed by atoms with Crippen LogP contribution in [0.2, 0.25) is 0 Å². The lowest BCUT2D eigenvalue weighted by Crippen LogP contribution is -2.40. The summed E-state index contributed by atoms with van der Waals surface area (Å²) in [5.41, 5.74) is 0.676. The highest BCUT2D eigenvalue weighted by Crippen LogP contribution is 2.21. The van der Waals surface area contributed by atoms with Crippen LogP contribution in [-0.4, -0.2) is 35.0 Å². The van der Waals surface area contributed by atoms with Gasteiger partial charge in [-0.2, -0.15) is 0 Å². The van der Waals surface area contributed by atoms with Crippen LogP contribution in [0.3, 0.4) is 0 Å². The zero-order valence-electron chi connectivity index (χ0n) is 9.88. The van der Waals surface area contributed by atoms with Gasteiger partial charge in [0.15, 0.2) is 0 Å². The molecular weight excluding hydrogens is 238 g/mol. The molecule has 3 N–H and O–H groups in total. The fourth-order valence-electron chi connectivity index (χ4n) is 1.52. The molecule has 0 fully saturated rings. The lowest BCUT2D eigenvalue weighted by Gasteiger charge is -2.22. The van der Waals surface area contributed by atoms with Gasteiger partial charge in [-0.3, -0.25) is 4.79 Å². The third kappa shape index (κ3) is 4.03. The van der Waals surface area contributed by atoms with Crippen LogP contribution in [-0.2, 0) is 4.79 Å². The number of carbonyl (C=O) groups is 1. The first-order chi connectivity index (χ1) is 8.08. The number of rotatable bonds is 5. The zero-order valence-corrected chi connectivity index (χ0v) is 10.7. The number of nitrogens with one attached hydrogen (secondary N) is 1. The van der Waals surface area contributed by atoms with Crippen LogP contribution in [0.1, 0.15) is 18.6 Å². The number of carbonyl (C=O) groups excluding carboxylic acids is 1. The maximum atomic E-state index is 10.9. The number of benzene rings is 1. The van der Waals surface area contributed by atoms with Crippen molar-refractivity contribution in [3.05, 3.63) is 29.8 Å². The smallest absolute Gasteiger partial charge is 0.217 e. The van der Waals surface area contributed by atoms with Gasteiger partial charge in [-0.1, -0.05) is 12.1 Å². The van der Waals surface area contributed by atoms with Crippen molar-refractivity contribution in [3.63, 3.8) is 0 Å². The Morgan fingerprint density at radius 2 is 2.00 bits per heavy atom. The van der Waals surface area contributed by atoms with E-state index in [9.17, 15) is 9.90 Å². The fraction of sp³-hybridized carbons (Fsp3) is 0.417. The van der Waals surface area contributed by atoms with E-state index in [2.05, 4.69) is 5.32 Å². The number of amides is 1. The molecule has 0 bridgehead atoms. The van der Waals surface area contributed by atoms with Crippen molar-refractivity contribution in [1.29, 1.82) is 0 Å². The molecule has 0 spiro atoms. The first-order valence-electron chi connectivity index (χ1n) is 5.28. The quantitative estimate of drug-likeness (QED) is 0.685. The normalized spacial score (nSPS) is 14.1. The van der Waals surface area contributed by atoms with Gasteiger partial charge in [-0.15, -0.1) is 11.8 Å². The van der Waals surface area contributed by atoms with Crippen molar-refractivity contribution in [1.82, 2.24) is 5.32 Å². The molecule has 0 saturated heterocycles. The Morgan fingerprint density at radius 3 is 2.41 bits per heavy atom. The van der Waals surface area contributed by atoms with E-state index < -0.39 is 12.1 Å². The number of aliphatic hydroxyl groups is 2. The van der Waals surface area contributed by atoms with Crippen molar-refractivity contribution in [2.24, 2.45) is 0 Å². The maximum absolute atomic E-state index is 10.9. The first kappa shape index (κ1) is 14.0. The molecule has 1 aromatic carbocycles. The summed E-state index contributed by atoms with van der Waals surface area (Å²) < 4.78 is 0. The molecule has 0 aliphatic rings. The van der Waals surface area contributed by atoms with Crippen LogP contribution in [0.15, 0.2) is 29.2 Å². The predicted molar refractivity (Wildman–Crippen MR) is 67.9 cm³/mol. The third-order valence-electron chi connectivity index (χ3n) is 2.42. The Hall–Kier alpha value is -1.04. The van der Waals surface area contributed by atoms with Crippen molar-refractivity contribution in [2.45, 2.75) is 24.0 Å².